The lowest BCUT2D eigenvalue weighted by Crippen LogP contribution is -2.42. The van der Waals surface area contributed by atoms with Crippen LogP contribution >= 0.6 is 0 Å². The van der Waals surface area contributed by atoms with E-state index < -0.39 is 0 Å². The molecule has 2 aliphatic heterocycles. The first-order valence-corrected chi connectivity index (χ1v) is 4.85. The summed E-state index contributed by atoms with van der Waals surface area (Å²) in [6.45, 7) is 0.560. The summed E-state index contributed by atoms with van der Waals surface area (Å²) in [6, 6.07) is 0.161. The third kappa shape index (κ3) is 1.42. The lowest BCUT2D eigenvalue weighted by Gasteiger charge is -2.25. The van der Waals surface area contributed by atoms with E-state index >= 15 is 0 Å². The standard InChI is InChI=1S/C9H14N2O3/c1-14-9(13)11-6-2-3-7(11)5-10-8(12)4-6/h6-7H,2-5H2,1H3,(H,10,12)/t6-,7+/m1/s1. The van der Waals surface area contributed by atoms with E-state index in [-0.39, 0.29) is 24.1 Å². The van der Waals surface area contributed by atoms with Crippen molar-refractivity contribution < 1.29 is 14.3 Å². The quantitative estimate of drug-likeness (QED) is 0.600. The zero-order valence-electron chi connectivity index (χ0n) is 8.16. The van der Waals surface area contributed by atoms with Gasteiger partial charge in [0.1, 0.15) is 0 Å². The molecule has 78 valence electrons. The first kappa shape index (κ1) is 9.30. The number of carbonyl (C=O) groups excluding carboxylic acids is 2. The summed E-state index contributed by atoms with van der Waals surface area (Å²) in [4.78, 5) is 24.4. The Morgan fingerprint density at radius 2 is 2.21 bits per heavy atom. The van der Waals surface area contributed by atoms with Crippen LogP contribution in [-0.4, -0.2) is 42.6 Å². The third-order valence-electron chi connectivity index (χ3n) is 2.96. The number of nitrogens with one attached hydrogen (secondary N) is 1. The highest BCUT2D eigenvalue weighted by atomic mass is 16.5. The summed E-state index contributed by atoms with van der Waals surface area (Å²) in [5.41, 5.74) is 0. The molecule has 2 atom stereocenters. The first-order chi connectivity index (χ1) is 6.72. The molecule has 0 aromatic heterocycles. The molecule has 0 radical (unpaired) electrons. The molecule has 0 saturated carbocycles. The number of ether oxygens (including phenoxy) is 1. The van der Waals surface area contributed by atoms with Crippen LogP contribution in [0.25, 0.3) is 0 Å². The molecule has 2 aliphatic rings. The number of rotatable bonds is 0. The molecule has 0 spiro atoms. The molecule has 2 amide bonds. The SMILES string of the molecule is COC(=O)N1[C@@H]2CC[C@H]1CNC(=O)C2. The molecule has 1 N–H and O–H groups in total. The highest BCUT2D eigenvalue weighted by molar-refractivity contribution is 5.79. The van der Waals surface area contributed by atoms with Gasteiger partial charge in [0.05, 0.1) is 13.2 Å². The number of nitrogens with zero attached hydrogens (tertiary/aromatic N) is 1. The van der Waals surface area contributed by atoms with Gasteiger partial charge in [0.2, 0.25) is 5.91 Å². The minimum absolute atomic E-state index is 0.0334. The molecule has 5 heteroatoms. The van der Waals surface area contributed by atoms with Crippen molar-refractivity contribution in [2.24, 2.45) is 0 Å². The van der Waals surface area contributed by atoms with Gasteiger partial charge in [-0.15, -0.1) is 0 Å². The van der Waals surface area contributed by atoms with Crippen molar-refractivity contribution in [3.05, 3.63) is 0 Å². The van der Waals surface area contributed by atoms with Gasteiger partial charge in [-0.3, -0.25) is 9.69 Å². The Balaban J connectivity index is 2.16. The molecule has 2 fully saturated rings. The van der Waals surface area contributed by atoms with E-state index in [4.69, 9.17) is 4.74 Å². The molecule has 0 aliphatic carbocycles. The summed E-state index contributed by atoms with van der Waals surface area (Å²) >= 11 is 0. The van der Waals surface area contributed by atoms with Crippen molar-refractivity contribution in [3.8, 4) is 0 Å². The number of hydrogen-bond acceptors (Lipinski definition) is 3. The fourth-order valence-corrected chi connectivity index (χ4v) is 2.28. The fraction of sp³-hybridized carbons (Fsp3) is 0.778. The Morgan fingerprint density at radius 3 is 2.93 bits per heavy atom. The van der Waals surface area contributed by atoms with Gasteiger partial charge in [-0.2, -0.15) is 0 Å². The maximum Gasteiger partial charge on any atom is 0.410 e. The molecular weight excluding hydrogens is 184 g/mol. The van der Waals surface area contributed by atoms with Crippen LogP contribution in [0.5, 0.6) is 0 Å². The van der Waals surface area contributed by atoms with E-state index in [9.17, 15) is 9.59 Å². The minimum atomic E-state index is -0.311. The second kappa shape index (κ2) is 3.48. The van der Waals surface area contributed by atoms with Crippen molar-refractivity contribution in [2.75, 3.05) is 13.7 Å². The lowest BCUT2D eigenvalue weighted by atomic mass is 10.1. The Hall–Kier alpha value is -1.26. The Kier molecular flexibility index (Phi) is 2.31. The highest BCUT2D eigenvalue weighted by Crippen LogP contribution is 2.28. The Morgan fingerprint density at radius 1 is 1.50 bits per heavy atom. The van der Waals surface area contributed by atoms with Crippen molar-refractivity contribution in [1.82, 2.24) is 10.2 Å². The number of carbonyl (C=O) groups is 2. The van der Waals surface area contributed by atoms with Crippen molar-refractivity contribution >= 4 is 12.0 Å². The maximum absolute atomic E-state index is 11.5. The zero-order chi connectivity index (χ0) is 10.1. The van der Waals surface area contributed by atoms with Gasteiger partial charge >= 0.3 is 6.09 Å². The topological polar surface area (TPSA) is 58.6 Å². The molecule has 2 rings (SSSR count). The maximum atomic E-state index is 11.5. The first-order valence-electron chi connectivity index (χ1n) is 4.85. The number of fused-ring (bicyclic) bond motifs is 2. The number of hydrogen-bond donors (Lipinski definition) is 1. The molecule has 5 nitrogen and oxygen atoms in total. The van der Waals surface area contributed by atoms with Gasteiger partial charge in [0, 0.05) is 19.0 Å². The summed E-state index contributed by atoms with van der Waals surface area (Å²) in [6.07, 6.45) is 1.97. The van der Waals surface area contributed by atoms with Crippen LogP contribution in [0.2, 0.25) is 0 Å². The predicted molar refractivity (Wildman–Crippen MR) is 48.7 cm³/mol. The second-order valence-electron chi connectivity index (χ2n) is 3.77. The smallest absolute Gasteiger partial charge is 0.410 e. The van der Waals surface area contributed by atoms with Gasteiger partial charge in [-0.1, -0.05) is 0 Å². The van der Waals surface area contributed by atoms with Crippen LogP contribution in [0, 0.1) is 0 Å². The van der Waals surface area contributed by atoms with E-state index in [1.807, 2.05) is 0 Å². The number of amides is 2. The molecule has 0 aromatic rings. The average Bonchev–Trinajstić information content (AvgIpc) is 2.47. The Labute approximate surface area is 82.4 Å². The minimum Gasteiger partial charge on any atom is -0.453 e. The molecule has 0 aromatic carbocycles. The van der Waals surface area contributed by atoms with Gasteiger partial charge in [0.15, 0.2) is 0 Å². The van der Waals surface area contributed by atoms with E-state index in [2.05, 4.69) is 5.32 Å². The zero-order valence-corrected chi connectivity index (χ0v) is 8.16. The number of methoxy groups -OCH3 is 1. The summed E-state index contributed by atoms with van der Waals surface area (Å²) in [5.74, 6) is 0.0334. The van der Waals surface area contributed by atoms with Crippen LogP contribution in [0.15, 0.2) is 0 Å². The van der Waals surface area contributed by atoms with Gasteiger partial charge in [-0.25, -0.2) is 4.79 Å². The second-order valence-corrected chi connectivity index (χ2v) is 3.77. The van der Waals surface area contributed by atoms with E-state index in [0.717, 1.165) is 12.8 Å². The predicted octanol–water partition coefficient (Wildman–Crippen LogP) is 0.106. The summed E-state index contributed by atoms with van der Waals surface area (Å²) in [5, 5.41) is 2.80. The molecule has 2 heterocycles. The molecule has 0 unspecified atom stereocenters. The monoisotopic (exact) mass is 198 g/mol. The van der Waals surface area contributed by atoms with E-state index in [1.165, 1.54) is 7.11 Å². The summed E-state index contributed by atoms with van der Waals surface area (Å²) in [7, 11) is 1.38. The van der Waals surface area contributed by atoms with Gasteiger partial charge < -0.3 is 10.1 Å². The third-order valence-corrected chi connectivity index (χ3v) is 2.96. The van der Waals surface area contributed by atoms with Crippen LogP contribution < -0.4 is 5.32 Å². The Bertz CT molecular complexity index is 267. The van der Waals surface area contributed by atoms with E-state index in [0.29, 0.717) is 13.0 Å². The molecule has 14 heavy (non-hydrogen) atoms. The molecule has 2 bridgehead atoms. The van der Waals surface area contributed by atoms with Crippen molar-refractivity contribution in [1.29, 1.82) is 0 Å². The average molecular weight is 198 g/mol. The van der Waals surface area contributed by atoms with Gasteiger partial charge in [-0.05, 0) is 12.8 Å². The normalized spacial score (nSPS) is 30.9. The summed E-state index contributed by atoms with van der Waals surface area (Å²) < 4.78 is 4.71. The fourth-order valence-electron chi connectivity index (χ4n) is 2.28. The van der Waals surface area contributed by atoms with Crippen LogP contribution in [0.4, 0.5) is 4.79 Å². The van der Waals surface area contributed by atoms with Crippen LogP contribution in [0.1, 0.15) is 19.3 Å². The molecular formula is C9H14N2O3. The van der Waals surface area contributed by atoms with Crippen LogP contribution in [-0.2, 0) is 9.53 Å². The highest BCUT2D eigenvalue weighted by Gasteiger charge is 2.40. The van der Waals surface area contributed by atoms with Crippen molar-refractivity contribution in [2.45, 2.75) is 31.3 Å². The lowest BCUT2D eigenvalue weighted by molar-refractivity contribution is -0.121. The molecule has 2 saturated heterocycles. The largest absolute Gasteiger partial charge is 0.453 e. The van der Waals surface area contributed by atoms with Crippen LogP contribution in [0.3, 0.4) is 0 Å². The van der Waals surface area contributed by atoms with Gasteiger partial charge in [0.25, 0.3) is 0 Å². The van der Waals surface area contributed by atoms with E-state index in [1.54, 1.807) is 4.90 Å². The van der Waals surface area contributed by atoms with Crippen molar-refractivity contribution in [3.63, 3.8) is 0 Å².